The number of anilines is 1. The first-order chi connectivity index (χ1) is 9.10. The molecule has 100 valence electrons. The third kappa shape index (κ3) is 2.27. The van der Waals surface area contributed by atoms with E-state index in [0.717, 1.165) is 5.69 Å². The number of benzene rings is 1. The van der Waals surface area contributed by atoms with E-state index >= 15 is 0 Å². The van der Waals surface area contributed by atoms with Crippen molar-refractivity contribution in [3.63, 3.8) is 0 Å². The standard InChI is InChI=1S/C14H18N4O/c1-10-9-18(13(8-16)14(19)17(10)2)12-6-4-3-5-11(12)7-15/h3-6,10,13H,8-9,16H2,1-2H3. The summed E-state index contributed by atoms with van der Waals surface area (Å²) < 4.78 is 0. The van der Waals surface area contributed by atoms with Crippen LogP contribution in [0.2, 0.25) is 0 Å². The number of nitriles is 1. The fourth-order valence-electron chi connectivity index (χ4n) is 2.43. The smallest absolute Gasteiger partial charge is 0.246 e. The molecule has 0 bridgehead atoms. The monoisotopic (exact) mass is 258 g/mol. The van der Waals surface area contributed by atoms with Crippen LogP contribution in [0.4, 0.5) is 5.69 Å². The van der Waals surface area contributed by atoms with Crippen molar-refractivity contribution < 1.29 is 4.79 Å². The van der Waals surface area contributed by atoms with E-state index in [0.29, 0.717) is 12.1 Å². The van der Waals surface area contributed by atoms with Crippen LogP contribution in [-0.2, 0) is 4.79 Å². The van der Waals surface area contributed by atoms with Gasteiger partial charge in [-0.2, -0.15) is 5.26 Å². The molecule has 0 radical (unpaired) electrons. The van der Waals surface area contributed by atoms with E-state index in [1.807, 2.05) is 30.0 Å². The molecule has 2 N–H and O–H groups in total. The van der Waals surface area contributed by atoms with E-state index in [4.69, 9.17) is 5.73 Å². The maximum absolute atomic E-state index is 12.3. The molecule has 1 fully saturated rings. The van der Waals surface area contributed by atoms with Crippen molar-refractivity contribution in [2.24, 2.45) is 5.73 Å². The second-order valence-electron chi connectivity index (χ2n) is 4.83. The second-order valence-corrected chi connectivity index (χ2v) is 4.83. The molecule has 5 nitrogen and oxygen atoms in total. The van der Waals surface area contributed by atoms with Gasteiger partial charge in [-0.1, -0.05) is 12.1 Å². The van der Waals surface area contributed by atoms with E-state index in [9.17, 15) is 10.1 Å². The first-order valence-electron chi connectivity index (χ1n) is 6.32. The summed E-state index contributed by atoms with van der Waals surface area (Å²) in [7, 11) is 1.79. The third-order valence-corrected chi connectivity index (χ3v) is 3.69. The largest absolute Gasteiger partial charge is 0.355 e. The zero-order valence-corrected chi connectivity index (χ0v) is 11.2. The molecular formula is C14H18N4O. The molecule has 0 aliphatic carbocycles. The average molecular weight is 258 g/mol. The minimum absolute atomic E-state index is 0.00833. The Morgan fingerprint density at radius 2 is 2.16 bits per heavy atom. The summed E-state index contributed by atoms with van der Waals surface area (Å²) in [5.41, 5.74) is 7.11. The Kier molecular flexibility index (Phi) is 3.72. The van der Waals surface area contributed by atoms with Crippen LogP contribution in [0.1, 0.15) is 12.5 Å². The number of nitrogens with two attached hydrogens (primary N) is 1. The highest BCUT2D eigenvalue weighted by molar-refractivity contribution is 5.87. The quantitative estimate of drug-likeness (QED) is 0.841. The second kappa shape index (κ2) is 5.29. The normalized spacial score (nSPS) is 23.4. The predicted octanol–water partition coefficient (Wildman–Crippen LogP) is 0.552. The van der Waals surface area contributed by atoms with Crippen molar-refractivity contribution in [3.05, 3.63) is 29.8 Å². The molecule has 19 heavy (non-hydrogen) atoms. The number of carbonyl (C=O) groups is 1. The van der Waals surface area contributed by atoms with Crippen LogP contribution < -0.4 is 10.6 Å². The number of rotatable bonds is 2. The van der Waals surface area contributed by atoms with Crippen LogP contribution in [0.3, 0.4) is 0 Å². The van der Waals surface area contributed by atoms with Gasteiger partial charge in [0.2, 0.25) is 5.91 Å². The molecule has 0 saturated carbocycles. The zero-order valence-electron chi connectivity index (χ0n) is 11.2. The van der Waals surface area contributed by atoms with Gasteiger partial charge in [0.1, 0.15) is 12.1 Å². The Balaban J connectivity index is 2.42. The van der Waals surface area contributed by atoms with Crippen LogP contribution in [0, 0.1) is 11.3 Å². The lowest BCUT2D eigenvalue weighted by Crippen LogP contribution is -2.62. The molecular weight excluding hydrogens is 240 g/mol. The summed E-state index contributed by atoms with van der Waals surface area (Å²) in [5, 5.41) is 9.19. The van der Waals surface area contributed by atoms with Crippen LogP contribution >= 0.6 is 0 Å². The fourth-order valence-corrected chi connectivity index (χ4v) is 2.43. The summed E-state index contributed by atoms with van der Waals surface area (Å²) in [6.07, 6.45) is 0. The first kappa shape index (κ1) is 13.4. The highest BCUT2D eigenvalue weighted by Crippen LogP contribution is 2.26. The maximum atomic E-state index is 12.3. The molecule has 0 spiro atoms. The number of hydrogen-bond acceptors (Lipinski definition) is 4. The topological polar surface area (TPSA) is 73.4 Å². The molecule has 1 amide bonds. The Morgan fingerprint density at radius 3 is 2.79 bits per heavy atom. The van der Waals surface area contributed by atoms with Gasteiger partial charge in [-0.25, -0.2) is 0 Å². The number of likely N-dealkylation sites (N-methyl/N-ethyl adjacent to an activating group) is 1. The predicted molar refractivity (Wildman–Crippen MR) is 73.6 cm³/mol. The molecule has 0 aromatic heterocycles. The van der Waals surface area contributed by atoms with Crippen molar-refractivity contribution in [3.8, 4) is 6.07 Å². The van der Waals surface area contributed by atoms with Crippen molar-refractivity contribution >= 4 is 11.6 Å². The van der Waals surface area contributed by atoms with E-state index < -0.39 is 6.04 Å². The number of hydrogen-bond donors (Lipinski definition) is 1. The van der Waals surface area contributed by atoms with Crippen molar-refractivity contribution in [2.45, 2.75) is 19.0 Å². The van der Waals surface area contributed by atoms with E-state index in [1.165, 1.54) is 0 Å². The Hall–Kier alpha value is -2.06. The number of carbonyl (C=O) groups excluding carboxylic acids is 1. The van der Waals surface area contributed by atoms with Crippen LogP contribution in [0.5, 0.6) is 0 Å². The molecule has 1 aromatic rings. The van der Waals surface area contributed by atoms with Crippen molar-refractivity contribution in [1.29, 1.82) is 5.26 Å². The van der Waals surface area contributed by atoms with E-state index in [-0.39, 0.29) is 18.5 Å². The van der Waals surface area contributed by atoms with Gasteiger partial charge in [0.25, 0.3) is 0 Å². The molecule has 2 atom stereocenters. The highest BCUT2D eigenvalue weighted by Gasteiger charge is 2.36. The molecule has 2 rings (SSSR count). The third-order valence-electron chi connectivity index (χ3n) is 3.69. The minimum Gasteiger partial charge on any atom is -0.355 e. The average Bonchev–Trinajstić information content (AvgIpc) is 2.44. The number of amides is 1. The summed E-state index contributed by atoms with van der Waals surface area (Å²) in [6.45, 7) is 2.92. The number of para-hydroxylation sites is 1. The van der Waals surface area contributed by atoms with Gasteiger partial charge in [-0.3, -0.25) is 4.79 Å². The van der Waals surface area contributed by atoms with Gasteiger partial charge in [0, 0.05) is 26.2 Å². The first-order valence-corrected chi connectivity index (χ1v) is 6.32. The Labute approximate surface area is 113 Å². The molecule has 5 heteroatoms. The van der Waals surface area contributed by atoms with Gasteiger partial charge >= 0.3 is 0 Å². The molecule has 1 heterocycles. The summed E-state index contributed by atoms with van der Waals surface area (Å²) in [4.78, 5) is 15.9. The van der Waals surface area contributed by atoms with Crippen LogP contribution in [0.25, 0.3) is 0 Å². The van der Waals surface area contributed by atoms with Gasteiger partial charge in [-0.05, 0) is 19.1 Å². The molecule has 1 aliphatic heterocycles. The zero-order chi connectivity index (χ0) is 14.0. The highest BCUT2D eigenvalue weighted by atomic mass is 16.2. The summed E-state index contributed by atoms with van der Waals surface area (Å²) in [6, 6.07) is 9.20. The molecule has 2 unspecified atom stereocenters. The van der Waals surface area contributed by atoms with Crippen molar-refractivity contribution in [2.75, 3.05) is 25.0 Å². The van der Waals surface area contributed by atoms with Gasteiger partial charge < -0.3 is 15.5 Å². The van der Waals surface area contributed by atoms with Crippen molar-refractivity contribution in [1.82, 2.24) is 4.90 Å². The SMILES string of the molecule is CC1CN(c2ccccc2C#N)C(CN)C(=O)N1C. The van der Waals surface area contributed by atoms with Gasteiger partial charge in [0.15, 0.2) is 0 Å². The number of piperazine rings is 1. The van der Waals surface area contributed by atoms with Gasteiger partial charge in [-0.15, -0.1) is 0 Å². The molecule has 1 saturated heterocycles. The Bertz CT molecular complexity index is 522. The number of nitrogens with zero attached hydrogens (tertiary/aromatic N) is 3. The lowest BCUT2D eigenvalue weighted by atomic mass is 10.0. The summed E-state index contributed by atoms with van der Waals surface area (Å²) in [5.74, 6) is 0.00833. The Morgan fingerprint density at radius 1 is 1.47 bits per heavy atom. The van der Waals surface area contributed by atoms with E-state index in [2.05, 4.69) is 6.07 Å². The molecule has 1 aromatic carbocycles. The van der Waals surface area contributed by atoms with Crippen LogP contribution in [-0.4, -0.2) is 43.0 Å². The summed E-state index contributed by atoms with van der Waals surface area (Å²) >= 11 is 0. The molecule has 1 aliphatic rings. The lowest BCUT2D eigenvalue weighted by Gasteiger charge is -2.44. The lowest BCUT2D eigenvalue weighted by molar-refractivity contribution is -0.134. The maximum Gasteiger partial charge on any atom is 0.246 e. The van der Waals surface area contributed by atoms with E-state index in [1.54, 1.807) is 18.0 Å². The van der Waals surface area contributed by atoms with Gasteiger partial charge in [0.05, 0.1) is 11.3 Å². The fraction of sp³-hybridized carbons (Fsp3) is 0.429. The minimum atomic E-state index is -0.393. The van der Waals surface area contributed by atoms with Crippen LogP contribution in [0.15, 0.2) is 24.3 Å².